The fourth-order valence-electron chi connectivity index (χ4n) is 13.5. The molecule has 1 heterocycles. The fraction of sp³-hybridized carbons (Fsp3) is 0.677. The maximum absolute atomic E-state index is 17.9. The number of allylic oxidation sites excluding steroid dienone is 5. The molecule has 4 aliphatic carbocycles. The van der Waals surface area contributed by atoms with Crippen molar-refractivity contribution >= 4 is 53.0 Å². The second kappa shape index (κ2) is 30.5. The van der Waals surface area contributed by atoms with E-state index < -0.39 is 131 Å². The summed E-state index contributed by atoms with van der Waals surface area (Å²) in [6.45, 7) is 14.0. The molecule has 85 heavy (non-hydrogen) atoms. The summed E-state index contributed by atoms with van der Waals surface area (Å²) in [6, 6.07) is 2.34. The van der Waals surface area contributed by atoms with Gasteiger partial charge in [-0.2, -0.15) is 0 Å². The Balaban J connectivity index is 0.990. The van der Waals surface area contributed by atoms with Crippen molar-refractivity contribution in [2.75, 3.05) is 31.6 Å². The number of aliphatic hydroxyl groups excluding tert-OH is 1. The summed E-state index contributed by atoms with van der Waals surface area (Å²) in [6.07, 6.45) is 7.84. The number of nitrogens with two attached hydrogens (primary N) is 2. The van der Waals surface area contributed by atoms with Crippen LogP contribution in [0.5, 0.6) is 0 Å². The zero-order valence-electron chi connectivity index (χ0n) is 50.3. The smallest absolute Gasteiger partial charge is 0.407 e. The van der Waals surface area contributed by atoms with Crippen LogP contribution in [-0.4, -0.2) is 139 Å². The van der Waals surface area contributed by atoms with Crippen molar-refractivity contribution in [3.8, 4) is 0 Å². The molecule has 6 rings (SSSR count). The SMILES string of the molecule is C=CCCCCCC(CC)OCC(=O)NCCCC[C@H](N)C(=O)N[C@H](C(=O)N[C@@H](CCCNC(N)=O)C(=O)Nc1ccc(COC(=O)NCC(=O)[C@@]23OC(CCC)O[C@@H]2CC2[C@@H]4C[C@H](F)C5=CC(=O)C=C[C@]5(C)[C@@]4(F)[C@@H](O)C[C@@]23C)cc1)C(C)C. The highest BCUT2D eigenvalue weighted by Crippen LogP contribution is 2.72. The maximum Gasteiger partial charge on any atom is 0.407 e. The van der Waals surface area contributed by atoms with E-state index in [-0.39, 0.29) is 75.9 Å². The van der Waals surface area contributed by atoms with Gasteiger partial charge in [-0.1, -0.05) is 78.2 Å². The van der Waals surface area contributed by atoms with E-state index in [4.69, 9.17) is 30.4 Å². The maximum atomic E-state index is 17.9. The van der Waals surface area contributed by atoms with Gasteiger partial charge in [0.25, 0.3) is 0 Å². The number of hydrogen-bond acceptors (Lipinski definition) is 14. The normalized spacial score (nSPS) is 28.6. The molecular weight excluding hydrogens is 1100 g/mol. The molecule has 4 fully saturated rings. The molecule has 1 aromatic rings. The number of benzene rings is 1. The Morgan fingerprint density at radius 3 is 2.29 bits per heavy atom. The Morgan fingerprint density at radius 1 is 0.894 bits per heavy atom. The number of ketones is 2. The van der Waals surface area contributed by atoms with Gasteiger partial charge in [-0.15, -0.1) is 6.58 Å². The molecule has 3 saturated carbocycles. The lowest BCUT2D eigenvalue weighted by Gasteiger charge is -2.63. The first-order chi connectivity index (χ1) is 40.4. The third-order valence-corrected chi connectivity index (χ3v) is 18.1. The highest BCUT2D eigenvalue weighted by Gasteiger charge is 2.80. The van der Waals surface area contributed by atoms with E-state index in [2.05, 4.69) is 38.5 Å². The largest absolute Gasteiger partial charge is 0.445 e. The average molecular weight is 1200 g/mol. The Morgan fingerprint density at radius 2 is 1.61 bits per heavy atom. The predicted octanol–water partition coefficient (Wildman–Crippen LogP) is 6.25. The second-order valence-electron chi connectivity index (χ2n) is 24.3. The zero-order chi connectivity index (χ0) is 62.3. The molecule has 5 aliphatic rings. The number of carbonyl (C=O) groups excluding carboxylic acids is 8. The second-order valence-corrected chi connectivity index (χ2v) is 24.3. The van der Waals surface area contributed by atoms with Crippen LogP contribution >= 0.6 is 0 Å². The van der Waals surface area contributed by atoms with E-state index in [1.165, 1.54) is 19.1 Å². The van der Waals surface area contributed by atoms with Crippen LogP contribution in [-0.2, 0) is 54.3 Å². The zero-order valence-corrected chi connectivity index (χ0v) is 50.3. The number of aliphatic hydroxyl groups is 1. The quantitative estimate of drug-likeness (QED) is 0.0278. The third kappa shape index (κ3) is 15.9. The van der Waals surface area contributed by atoms with Crippen LogP contribution in [0.1, 0.15) is 150 Å². The van der Waals surface area contributed by atoms with Gasteiger partial charge in [0, 0.05) is 35.5 Å². The Kier molecular flexibility index (Phi) is 24.4. The number of nitrogens with one attached hydrogen (secondary N) is 6. The molecule has 1 aliphatic heterocycles. The number of alkyl halides is 2. The Labute approximate surface area is 498 Å². The molecule has 0 radical (unpaired) electrons. The van der Waals surface area contributed by atoms with Gasteiger partial charge in [0.05, 0.1) is 30.9 Å². The highest BCUT2D eigenvalue weighted by molar-refractivity contribution is 6.01. The summed E-state index contributed by atoms with van der Waals surface area (Å²) < 4.78 is 58.3. The number of amides is 7. The number of fused-ring (bicyclic) bond motifs is 7. The standard InChI is InChI=1S/C62H92F2N8O13/c1-8-11-12-13-14-19-41(10-3)82-36-51(76)67-28-16-15-20-46(65)54(77)72-53(37(4)5)56(79)71-47(21-17-29-68-57(66)80)55(78)70-39-24-22-38(23-25-39)35-83-58(81)69-34-49(75)62-50(84-52(85-62)18-9-2)32-42-43-31-45(63)44-30-40(73)26-27-59(44,6)61(43,64)48(74)33-60(42,62)7/h8,22-27,30,37,41-43,45-48,50,52-53,74H,1,9-21,28-29,31-36,65H2,2-7H3,(H,67,76)(H,69,81)(H,70,78)(H,71,79)(H,72,77)(H3,66,68,80)/t41?,42?,43-,45-,46-,47-,48-,50+,52?,53-,59-,60-,61-,62+/m0/s1. The molecule has 1 saturated heterocycles. The third-order valence-electron chi connectivity index (χ3n) is 18.1. The van der Waals surface area contributed by atoms with Crippen LogP contribution in [0.2, 0.25) is 0 Å². The van der Waals surface area contributed by atoms with Crippen molar-refractivity contribution in [3.63, 3.8) is 0 Å². The van der Waals surface area contributed by atoms with Crippen molar-refractivity contribution in [2.45, 2.75) is 211 Å². The number of hydrogen-bond donors (Lipinski definition) is 9. The number of alkyl carbamates (subject to hydrolysis) is 1. The molecule has 7 amide bonds. The number of unbranched alkanes of at least 4 members (excludes halogenated alkanes) is 4. The molecule has 14 atom stereocenters. The minimum atomic E-state index is -2.38. The van der Waals surface area contributed by atoms with Crippen LogP contribution in [0.25, 0.3) is 0 Å². The fourth-order valence-corrected chi connectivity index (χ4v) is 13.5. The molecular formula is C62H92F2N8O13. The van der Waals surface area contributed by atoms with Crippen molar-refractivity contribution < 1.29 is 71.2 Å². The molecule has 21 nitrogen and oxygen atoms in total. The van der Waals surface area contributed by atoms with E-state index in [1.54, 1.807) is 45.0 Å². The number of primary amides is 1. The highest BCUT2D eigenvalue weighted by atomic mass is 19.1. The molecule has 3 unspecified atom stereocenters. The predicted molar refractivity (Wildman–Crippen MR) is 313 cm³/mol. The van der Waals surface area contributed by atoms with E-state index in [1.807, 2.05) is 19.9 Å². The van der Waals surface area contributed by atoms with Gasteiger partial charge < -0.3 is 67.4 Å². The first kappa shape index (κ1) is 68.0. The van der Waals surface area contributed by atoms with Gasteiger partial charge in [-0.05, 0) is 138 Å². The van der Waals surface area contributed by atoms with E-state index in [0.29, 0.717) is 43.5 Å². The lowest BCUT2D eigenvalue weighted by Crippen LogP contribution is -2.71. The summed E-state index contributed by atoms with van der Waals surface area (Å²) in [5.74, 6) is -5.25. The molecule has 0 aromatic heterocycles. The van der Waals surface area contributed by atoms with Crippen LogP contribution in [0.3, 0.4) is 0 Å². The van der Waals surface area contributed by atoms with Crippen molar-refractivity contribution in [3.05, 3.63) is 66.3 Å². The minimum absolute atomic E-state index is 0.0153. The van der Waals surface area contributed by atoms with Gasteiger partial charge >= 0.3 is 12.1 Å². The van der Waals surface area contributed by atoms with Crippen LogP contribution in [0.4, 0.5) is 24.1 Å². The molecule has 0 spiro atoms. The van der Waals surface area contributed by atoms with Crippen LogP contribution in [0.15, 0.2) is 60.7 Å². The lowest BCUT2D eigenvalue weighted by atomic mass is 9.44. The summed E-state index contributed by atoms with van der Waals surface area (Å²) in [5, 5.41) is 28.0. The molecule has 1 aromatic carbocycles. The number of halogens is 2. The first-order valence-corrected chi connectivity index (χ1v) is 30.4. The summed E-state index contributed by atoms with van der Waals surface area (Å²) in [7, 11) is 0. The molecule has 0 bridgehead atoms. The number of urea groups is 1. The Bertz CT molecular complexity index is 2610. The Hall–Kier alpha value is -6.14. The van der Waals surface area contributed by atoms with Gasteiger partial charge in [0.1, 0.15) is 31.5 Å². The number of carbonyl (C=O) groups is 8. The lowest BCUT2D eigenvalue weighted by molar-refractivity contribution is -0.233. The summed E-state index contributed by atoms with van der Waals surface area (Å²) in [4.78, 5) is 105. The van der Waals surface area contributed by atoms with Gasteiger partial charge in [-0.25, -0.2) is 18.4 Å². The van der Waals surface area contributed by atoms with Crippen LogP contribution in [0, 0.1) is 28.6 Å². The van der Waals surface area contributed by atoms with Crippen molar-refractivity contribution in [1.29, 1.82) is 0 Å². The summed E-state index contributed by atoms with van der Waals surface area (Å²) in [5.41, 5.74) is 5.30. The number of Topliss-reactive ketones (excluding diaryl/α,β-unsaturated/α-hetero) is 1. The van der Waals surface area contributed by atoms with Crippen molar-refractivity contribution in [2.24, 2.45) is 40.1 Å². The topological polar surface area (TPSA) is 318 Å². The number of rotatable bonds is 33. The monoisotopic (exact) mass is 1190 g/mol. The van der Waals surface area contributed by atoms with E-state index in [0.717, 1.165) is 44.6 Å². The number of ether oxygens (including phenoxy) is 4. The van der Waals surface area contributed by atoms with Gasteiger partial charge in [0.2, 0.25) is 23.6 Å². The van der Waals surface area contributed by atoms with Crippen molar-refractivity contribution in [1.82, 2.24) is 26.6 Å². The van der Waals surface area contributed by atoms with E-state index in [9.17, 15) is 43.5 Å². The van der Waals surface area contributed by atoms with Gasteiger partial charge in [-0.3, -0.25) is 28.8 Å². The molecule has 11 N–H and O–H groups in total. The van der Waals surface area contributed by atoms with E-state index >= 15 is 8.78 Å². The molecule has 472 valence electrons. The van der Waals surface area contributed by atoms with Crippen LogP contribution < -0.4 is 43.4 Å². The first-order valence-electron chi connectivity index (χ1n) is 30.4. The average Bonchev–Trinajstić information content (AvgIpc) is 1.61. The van der Waals surface area contributed by atoms with Gasteiger partial charge in [0.15, 0.2) is 29.1 Å². The summed E-state index contributed by atoms with van der Waals surface area (Å²) >= 11 is 0. The molecule has 23 heteroatoms. The minimum Gasteiger partial charge on any atom is -0.445 e. The number of anilines is 1.